The normalized spacial score (nSPS) is 19.4. The number of carboxylic acid groups (broad SMARTS) is 1. The van der Waals surface area contributed by atoms with Gasteiger partial charge in [0.05, 0.1) is 0 Å². The zero-order valence-electron chi connectivity index (χ0n) is 18.8. The number of nitrogens with zero attached hydrogens (tertiary/aromatic N) is 1. The summed E-state index contributed by atoms with van der Waals surface area (Å²) in [5, 5.41) is 14.6. The quantitative estimate of drug-likeness (QED) is 0.540. The van der Waals surface area contributed by atoms with Crippen LogP contribution in [-0.4, -0.2) is 67.8 Å². The molecule has 8 nitrogen and oxygen atoms in total. The highest BCUT2D eigenvalue weighted by Crippen LogP contribution is 2.44. The highest BCUT2D eigenvalue weighted by Gasteiger charge is 2.44. The van der Waals surface area contributed by atoms with Gasteiger partial charge >= 0.3 is 12.1 Å². The van der Waals surface area contributed by atoms with E-state index < -0.39 is 18.1 Å². The van der Waals surface area contributed by atoms with Crippen molar-refractivity contribution in [2.24, 2.45) is 11.8 Å². The molecule has 2 aromatic rings. The summed E-state index contributed by atoms with van der Waals surface area (Å²) in [5.41, 5.74) is 4.64. The summed E-state index contributed by atoms with van der Waals surface area (Å²) in [6.45, 7) is 0.774. The molecule has 0 spiro atoms. The number of carbonyl (C=O) groups excluding carboxylic acids is 2. The fourth-order valence-corrected chi connectivity index (χ4v) is 4.49. The largest absolute Gasteiger partial charge is 0.480 e. The predicted molar refractivity (Wildman–Crippen MR) is 123 cm³/mol. The molecule has 3 N–H and O–H groups in total. The number of hydrogen-bond donors (Lipinski definition) is 3. The van der Waals surface area contributed by atoms with Crippen LogP contribution in [-0.2, 0) is 14.3 Å². The summed E-state index contributed by atoms with van der Waals surface area (Å²) in [4.78, 5) is 37.7. The summed E-state index contributed by atoms with van der Waals surface area (Å²) >= 11 is 0. The third kappa shape index (κ3) is 5.17. The van der Waals surface area contributed by atoms with Crippen LogP contribution in [0, 0.1) is 11.8 Å². The average Bonchev–Trinajstić information content (AvgIpc) is 3.51. The number of carboxylic acids is 1. The summed E-state index contributed by atoms with van der Waals surface area (Å²) in [6.07, 6.45) is 0.100. The molecule has 4 rings (SSSR count). The van der Waals surface area contributed by atoms with Crippen LogP contribution in [0.3, 0.4) is 0 Å². The van der Waals surface area contributed by atoms with Crippen molar-refractivity contribution < 1.29 is 24.2 Å². The molecule has 1 saturated carbocycles. The van der Waals surface area contributed by atoms with Gasteiger partial charge in [0.2, 0.25) is 5.91 Å². The van der Waals surface area contributed by atoms with Crippen LogP contribution in [0.25, 0.3) is 11.1 Å². The van der Waals surface area contributed by atoms with E-state index in [1.165, 1.54) is 11.1 Å². The van der Waals surface area contributed by atoms with E-state index in [0.29, 0.717) is 13.0 Å². The molecule has 0 saturated heterocycles. The lowest BCUT2D eigenvalue weighted by molar-refractivity contribution is -0.142. The highest BCUT2D eigenvalue weighted by molar-refractivity contribution is 5.87. The summed E-state index contributed by atoms with van der Waals surface area (Å²) in [6, 6.07) is 15.3. The van der Waals surface area contributed by atoms with Crippen LogP contribution in [0.15, 0.2) is 48.5 Å². The van der Waals surface area contributed by atoms with Gasteiger partial charge in [0, 0.05) is 24.9 Å². The molecule has 0 aliphatic heterocycles. The Kier molecular flexibility index (Phi) is 6.65. The van der Waals surface area contributed by atoms with Crippen molar-refractivity contribution in [1.29, 1.82) is 0 Å². The highest BCUT2D eigenvalue weighted by atomic mass is 16.5. The first-order valence-electron chi connectivity index (χ1n) is 11.1. The number of ether oxygens (including phenoxy) is 1. The second-order valence-electron chi connectivity index (χ2n) is 8.97. The fraction of sp³-hybridized carbons (Fsp3) is 0.400. The Morgan fingerprint density at radius 1 is 1.06 bits per heavy atom. The number of rotatable bonds is 9. The first kappa shape index (κ1) is 22.8. The van der Waals surface area contributed by atoms with Gasteiger partial charge in [0.25, 0.3) is 0 Å². The first-order chi connectivity index (χ1) is 15.8. The van der Waals surface area contributed by atoms with Crippen LogP contribution in [0.1, 0.15) is 23.5 Å². The van der Waals surface area contributed by atoms with Crippen LogP contribution in [0.4, 0.5) is 4.79 Å². The topological polar surface area (TPSA) is 108 Å². The molecule has 2 aliphatic carbocycles. The average molecular weight is 452 g/mol. The lowest BCUT2D eigenvalue weighted by Gasteiger charge is -2.18. The Labute approximate surface area is 192 Å². The maximum absolute atomic E-state index is 12.4. The lowest BCUT2D eigenvalue weighted by Crippen LogP contribution is -2.47. The third-order valence-corrected chi connectivity index (χ3v) is 6.27. The van der Waals surface area contributed by atoms with Gasteiger partial charge in [0.15, 0.2) is 0 Å². The number of alkyl carbamates (subject to hydrolysis) is 1. The van der Waals surface area contributed by atoms with E-state index in [-0.39, 0.29) is 36.8 Å². The second kappa shape index (κ2) is 9.62. The van der Waals surface area contributed by atoms with Crippen molar-refractivity contribution in [2.75, 3.05) is 33.8 Å². The lowest BCUT2D eigenvalue weighted by atomic mass is 9.98. The van der Waals surface area contributed by atoms with E-state index in [4.69, 9.17) is 4.74 Å². The molecule has 1 unspecified atom stereocenters. The van der Waals surface area contributed by atoms with Crippen molar-refractivity contribution >= 4 is 18.0 Å². The smallest absolute Gasteiger partial charge is 0.407 e. The fourth-order valence-electron chi connectivity index (χ4n) is 4.49. The molecule has 2 amide bonds. The maximum atomic E-state index is 12.4. The minimum Gasteiger partial charge on any atom is -0.480 e. The minimum absolute atomic E-state index is 0.00718. The van der Waals surface area contributed by atoms with Crippen LogP contribution in [0.5, 0.6) is 0 Å². The SMILES string of the molecule is CN(C)CC(NC(=O)[C@@H]1C[C@@H]1CNC(=O)OCC1c2ccccc2-c2ccccc21)C(=O)O. The summed E-state index contributed by atoms with van der Waals surface area (Å²) < 4.78 is 5.52. The van der Waals surface area contributed by atoms with Crippen molar-refractivity contribution in [3.63, 3.8) is 0 Å². The van der Waals surface area contributed by atoms with Crippen molar-refractivity contribution in [3.05, 3.63) is 59.7 Å². The van der Waals surface area contributed by atoms with Gasteiger partial charge in [-0.25, -0.2) is 9.59 Å². The monoisotopic (exact) mass is 451 g/mol. The van der Waals surface area contributed by atoms with Gasteiger partial charge in [-0.1, -0.05) is 48.5 Å². The molecule has 2 aromatic carbocycles. The number of likely N-dealkylation sites (N-methyl/N-ethyl adjacent to an activating group) is 1. The van der Waals surface area contributed by atoms with Gasteiger partial charge in [-0.2, -0.15) is 0 Å². The number of carbonyl (C=O) groups is 3. The van der Waals surface area contributed by atoms with Crippen molar-refractivity contribution in [1.82, 2.24) is 15.5 Å². The molecule has 174 valence electrons. The predicted octanol–water partition coefficient (Wildman–Crippen LogP) is 2.29. The van der Waals surface area contributed by atoms with Crippen LogP contribution < -0.4 is 10.6 Å². The number of fused-ring (bicyclic) bond motifs is 3. The van der Waals surface area contributed by atoms with Crippen molar-refractivity contribution in [3.8, 4) is 11.1 Å². The zero-order valence-corrected chi connectivity index (χ0v) is 18.8. The zero-order chi connectivity index (χ0) is 23.5. The Balaban J connectivity index is 1.24. The Bertz CT molecular complexity index is 1010. The van der Waals surface area contributed by atoms with E-state index in [1.54, 1.807) is 19.0 Å². The van der Waals surface area contributed by atoms with Crippen LogP contribution in [0.2, 0.25) is 0 Å². The number of benzene rings is 2. The maximum Gasteiger partial charge on any atom is 0.407 e. The number of nitrogens with one attached hydrogen (secondary N) is 2. The second-order valence-corrected chi connectivity index (χ2v) is 8.97. The van der Waals surface area contributed by atoms with E-state index in [2.05, 4.69) is 34.9 Å². The van der Waals surface area contributed by atoms with E-state index in [9.17, 15) is 19.5 Å². The molecular formula is C25H29N3O5. The molecule has 1 fully saturated rings. The standard InChI is InChI=1S/C25H29N3O5/c1-28(2)13-22(24(30)31)27-23(29)20-11-15(20)12-26-25(32)33-14-21-18-9-5-3-7-16(18)17-8-4-6-10-19(17)21/h3-10,15,20-22H,11-14H2,1-2H3,(H,26,32)(H,27,29)(H,30,31)/t15-,20-,22?/m1/s1. The summed E-state index contributed by atoms with van der Waals surface area (Å²) in [7, 11) is 3.50. The van der Waals surface area contributed by atoms with Gasteiger partial charge in [-0.15, -0.1) is 0 Å². The third-order valence-electron chi connectivity index (χ3n) is 6.27. The van der Waals surface area contributed by atoms with E-state index in [1.807, 2.05) is 24.3 Å². The Morgan fingerprint density at radius 2 is 1.67 bits per heavy atom. The molecular weight excluding hydrogens is 422 g/mol. The number of hydrogen-bond acceptors (Lipinski definition) is 5. The number of amides is 2. The van der Waals surface area contributed by atoms with E-state index >= 15 is 0 Å². The number of aliphatic carboxylic acids is 1. The van der Waals surface area contributed by atoms with Gasteiger partial charge in [-0.05, 0) is 48.7 Å². The molecule has 2 aliphatic rings. The van der Waals surface area contributed by atoms with Gasteiger partial charge in [-0.3, -0.25) is 4.79 Å². The van der Waals surface area contributed by atoms with Crippen LogP contribution >= 0.6 is 0 Å². The molecule has 0 radical (unpaired) electrons. The molecule has 8 heteroatoms. The summed E-state index contributed by atoms with van der Waals surface area (Å²) in [5.74, 6) is -1.66. The molecule has 3 atom stereocenters. The molecule has 0 bridgehead atoms. The Morgan fingerprint density at radius 3 is 2.24 bits per heavy atom. The Hall–Kier alpha value is -3.39. The molecule has 0 heterocycles. The molecule has 0 aromatic heterocycles. The van der Waals surface area contributed by atoms with Crippen molar-refractivity contribution in [2.45, 2.75) is 18.4 Å². The minimum atomic E-state index is -1.06. The van der Waals surface area contributed by atoms with Gasteiger partial charge in [0.1, 0.15) is 12.6 Å². The molecule has 33 heavy (non-hydrogen) atoms. The van der Waals surface area contributed by atoms with Gasteiger partial charge < -0.3 is 25.4 Å². The first-order valence-corrected chi connectivity index (χ1v) is 11.1. The van der Waals surface area contributed by atoms with E-state index in [0.717, 1.165) is 11.1 Å².